The Labute approximate surface area is 168 Å². The zero-order valence-corrected chi connectivity index (χ0v) is 16.1. The van der Waals surface area contributed by atoms with Gasteiger partial charge < -0.3 is 10.1 Å². The molecule has 0 aliphatic carbocycles. The van der Waals surface area contributed by atoms with Crippen molar-refractivity contribution in [3.63, 3.8) is 0 Å². The molecule has 0 fully saturated rings. The van der Waals surface area contributed by atoms with E-state index in [2.05, 4.69) is 14.8 Å². The Kier molecular flexibility index (Phi) is 5.80. The van der Waals surface area contributed by atoms with Crippen LogP contribution in [0, 0.1) is 0 Å². The molecule has 0 saturated carbocycles. The van der Waals surface area contributed by atoms with Crippen molar-refractivity contribution in [3.8, 4) is 5.75 Å². The van der Waals surface area contributed by atoms with Crippen LogP contribution in [-0.2, 0) is 10.0 Å². The SMILES string of the molecule is O=C(Nc1ccc(OC(F)(F)F)cc1)c1ccc(NS(=O)(=O)c2cccs2)cc1. The third-order valence-corrected chi connectivity index (χ3v) is 6.28. The van der Waals surface area contributed by atoms with Crippen molar-refractivity contribution in [1.82, 2.24) is 0 Å². The first-order valence-corrected chi connectivity index (χ1v) is 10.3. The van der Waals surface area contributed by atoms with Gasteiger partial charge in [0.1, 0.15) is 9.96 Å². The number of halogens is 3. The predicted molar refractivity (Wildman–Crippen MR) is 103 cm³/mol. The van der Waals surface area contributed by atoms with Crippen LogP contribution in [0.3, 0.4) is 0 Å². The number of carbonyl (C=O) groups excluding carboxylic acids is 1. The molecule has 11 heteroatoms. The minimum Gasteiger partial charge on any atom is -0.406 e. The number of nitrogens with one attached hydrogen (secondary N) is 2. The van der Waals surface area contributed by atoms with Crippen LogP contribution in [0.1, 0.15) is 10.4 Å². The molecule has 1 heterocycles. The Morgan fingerprint density at radius 2 is 1.55 bits per heavy atom. The highest BCUT2D eigenvalue weighted by Crippen LogP contribution is 2.24. The molecule has 0 aliphatic heterocycles. The average Bonchev–Trinajstić information content (AvgIpc) is 3.18. The second-order valence-electron chi connectivity index (χ2n) is 5.64. The highest BCUT2D eigenvalue weighted by molar-refractivity contribution is 7.94. The molecule has 2 aromatic carbocycles. The van der Waals surface area contributed by atoms with Crippen molar-refractivity contribution < 1.29 is 31.1 Å². The molecule has 29 heavy (non-hydrogen) atoms. The van der Waals surface area contributed by atoms with Gasteiger partial charge in [0.15, 0.2) is 0 Å². The molecule has 3 aromatic rings. The normalized spacial score (nSPS) is 11.7. The molecule has 0 unspecified atom stereocenters. The first kappa shape index (κ1) is 20.7. The maximum absolute atomic E-state index is 12.3. The van der Waals surface area contributed by atoms with E-state index in [4.69, 9.17) is 0 Å². The van der Waals surface area contributed by atoms with Crippen LogP contribution in [0.15, 0.2) is 70.3 Å². The van der Waals surface area contributed by atoms with Gasteiger partial charge >= 0.3 is 6.36 Å². The van der Waals surface area contributed by atoms with Gasteiger partial charge in [-0.05, 0) is 60.0 Å². The lowest BCUT2D eigenvalue weighted by molar-refractivity contribution is -0.274. The van der Waals surface area contributed by atoms with E-state index in [-0.39, 0.29) is 21.1 Å². The molecule has 1 amide bonds. The molecule has 6 nitrogen and oxygen atoms in total. The molecular weight excluding hydrogens is 429 g/mol. The number of hydrogen-bond donors (Lipinski definition) is 2. The highest BCUT2D eigenvalue weighted by atomic mass is 32.2. The fraction of sp³-hybridized carbons (Fsp3) is 0.0556. The standard InChI is InChI=1S/C18H13F3N2O4S2/c19-18(20,21)27-15-9-7-13(8-10-15)22-17(24)12-3-5-14(6-4-12)23-29(25,26)16-2-1-11-28-16/h1-11,23H,(H,22,24). The van der Waals surface area contributed by atoms with Crippen LogP contribution in [0.4, 0.5) is 24.5 Å². The van der Waals surface area contributed by atoms with E-state index in [1.165, 1.54) is 42.5 Å². The molecule has 3 rings (SSSR count). The first-order valence-electron chi connectivity index (χ1n) is 7.96. The summed E-state index contributed by atoms with van der Waals surface area (Å²) in [6.07, 6.45) is -4.79. The summed E-state index contributed by atoms with van der Waals surface area (Å²) in [7, 11) is -3.69. The van der Waals surface area contributed by atoms with E-state index >= 15 is 0 Å². The van der Waals surface area contributed by atoms with Crippen molar-refractivity contribution in [2.75, 3.05) is 10.0 Å². The Morgan fingerprint density at radius 1 is 0.931 bits per heavy atom. The Bertz CT molecular complexity index is 1080. The van der Waals surface area contributed by atoms with Gasteiger partial charge in [0, 0.05) is 16.9 Å². The summed E-state index contributed by atoms with van der Waals surface area (Å²) in [6.45, 7) is 0. The lowest BCUT2D eigenvalue weighted by Crippen LogP contribution is -2.17. The number of sulfonamides is 1. The third kappa shape index (κ3) is 5.72. The first-order chi connectivity index (χ1) is 13.6. The van der Waals surface area contributed by atoms with Crippen LogP contribution in [0.5, 0.6) is 5.75 Å². The molecule has 152 valence electrons. The molecular formula is C18H13F3N2O4S2. The second kappa shape index (κ2) is 8.13. The van der Waals surface area contributed by atoms with E-state index < -0.39 is 28.0 Å². The van der Waals surface area contributed by atoms with Gasteiger partial charge in [-0.2, -0.15) is 0 Å². The van der Waals surface area contributed by atoms with Gasteiger partial charge in [-0.25, -0.2) is 8.42 Å². The summed E-state index contributed by atoms with van der Waals surface area (Å²) >= 11 is 1.08. The number of benzene rings is 2. The molecule has 0 bridgehead atoms. The summed E-state index contributed by atoms with van der Waals surface area (Å²) in [5, 5.41) is 4.17. The van der Waals surface area contributed by atoms with Gasteiger partial charge in [0.25, 0.3) is 15.9 Å². The van der Waals surface area contributed by atoms with Crippen molar-refractivity contribution in [1.29, 1.82) is 0 Å². The molecule has 2 N–H and O–H groups in total. The smallest absolute Gasteiger partial charge is 0.406 e. The predicted octanol–water partition coefficient (Wildman–Crippen LogP) is 4.70. The maximum atomic E-state index is 12.3. The van der Waals surface area contributed by atoms with Crippen LogP contribution in [0.2, 0.25) is 0 Å². The average molecular weight is 442 g/mol. The van der Waals surface area contributed by atoms with Crippen molar-refractivity contribution in [2.45, 2.75) is 10.6 Å². The Morgan fingerprint density at radius 3 is 2.10 bits per heavy atom. The van der Waals surface area contributed by atoms with E-state index in [0.29, 0.717) is 0 Å². The number of thiophene rings is 1. The van der Waals surface area contributed by atoms with Gasteiger partial charge in [0.05, 0.1) is 0 Å². The molecule has 0 aliphatic rings. The molecule has 0 radical (unpaired) electrons. The third-order valence-electron chi connectivity index (χ3n) is 3.50. The minimum absolute atomic E-state index is 0.164. The fourth-order valence-corrected chi connectivity index (χ4v) is 4.31. The summed E-state index contributed by atoms with van der Waals surface area (Å²) in [5.74, 6) is -0.917. The molecule has 1 aromatic heterocycles. The fourth-order valence-electron chi connectivity index (χ4n) is 2.25. The van der Waals surface area contributed by atoms with E-state index in [1.807, 2.05) is 0 Å². The lowest BCUT2D eigenvalue weighted by Gasteiger charge is -2.10. The van der Waals surface area contributed by atoms with E-state index in [1.54, 1.807) is 11.4 Å². The van der Waals surface area contributed by atoms with E-state index in [0.717, 1.165) is 23.5 Å². The monoisotopic (exact) mass is 442 g/mol. The number of amides is 1. The maximum Gasteiger partial charge on any atom is 0.573 e. The van der Waals surface area contributed by atoms with Crippen LogP contribution in [0.25, 0.3) is 0 Å². The number of ether oxygens (including phenoxy) is 1. The van der Waals surface area contributed by atoms with Crippen LogP contribution < -0.4 is 14.8 Å². The second-order valence-corrected chi connectivity index (χ2v) is 8.50. The molecule has 0 spiro atoms. The number of alkyl halides is 3. The Hall–Kier alpha value is -3.05. The van der Waals surface area contributed by atoms with Gasteiger partial charge in [-0.3, -0.25) is 9.52 Å². The van der Waals surface area contributed by atoms with E-state index in [9.17, 15) is 26.4 Å². The van der Waals surface area contributed by atoms with Crippen molar-refractivity contribution in [3.05, 3.63) is 71.6 Å². The van der Waals surface area contributed by atoms with Gasteiger partial charge in [0.2, 0.25) is 0 Å². The quantitative estimate of drug-likeness (QED) is 0.580. The van der Waals surface area contributed by atoms with Crippen LogP contribution >= 0.6 is 11.3 Å². The molecule has 0 saturated heterocycles. The number of anilines is 2. The number of carbonyl (C=O) groups is 1. The minimum atomic E-state index is -4.79. The zero-order chi connectivity index (χ0) is 21.1. The highest BCUT2D eigenvalue weighted by Gasteiger charge is 2.31. The molecule has 0 atom stereocenters. The summed E-state index contributed by atoms with van der Waals surface area (Å²) in [5.41, 5.74) is 0.787. The van der Waals surface area contributed by atoms with Crippen LogP contribution in [-0.4, -0.2) is 20.7 Å². The summed E-state index contributed by atoms with van der Waals surface area (Å²) in [6, 6.07) is 13.5. The van der Waals surface area contributed by atoms with Gasteiger partial charge in [-0.15, -0.1) is 24.5 Å². The van der Waals surface area contributed by atoms with Crippen molar-refractivity contribution in [2.24, 2.45) is 0 Å². The zero-order valence-electron chi connectivity index (χ0n) is 14.4. The number of hydrogen-bond acceptors (Lipinski definition) is 5. The Balaban J connectivity index is 1.63. The van der Waals surface area contributed by atoms with Gasteiger partial charge in [-0.1, -0.05) is 6.07 Å². The topological polar surface area (TPSA) is 84.5 Å². The lowest BCUT2D eigenvalue weighted by atomic mass is 10.2. The number of rotatable bonds is 6. The summed E-state index contributed by atoms with van der Waals surface area (Å²) in [4.78, 5) is 12.3. The largest absolute Gasteiger partial charge is 0.573 e. The summed E-state index contributed by atoms with van der Waals surface area (Å²) < 4.78 is 67.1. The van der Waals surface area contributed by atoms with Crippen molar-refractivity contribution >= 4 is 38.6 Å².